The summed E-state index contributed by atoms with van der Waals surface area (Å²) in [5, 5.41) is 0. The molecule has 3 fully saturated rings. The summed E-state index contributed by atoms with van der Waals surface area (Å²) in [5.41, 5.74) is 5.89. The molecule has 2 aromatic carbocycles. The van der Waals surface area contributed by atoms with Crippen LogP contribution in [0, 0.1) is 24.3 Å². The zero-order valence-corrected chi connectivity index (χ0v) is 20.6. The SMILES string of the molecule is [C-]#[N+]c1ccc(N2CC(CN3CCC(C4(C5CCCC5)CCCc5ccccc54)CC3)C2)cc1. The number of likely N-dealkylation sites (tertiary alicyclic amines) is 1. The molecule has 2 aliphatic heterocycles. The molecule has 2 saturated heterocycles. The van der Waals surface area contributed by atoms with E-state index in [4.69, 9.17) is 6.57 Å². The highest BCUT2D eigenvalue weighted by Gasteiger charge is 2.49. The Labute approximate surface area is 206 Å². The number of aryl methyl sites for hydroxylation is 1. The second-order valence-corrected chi connectivity index (χ2v) is 11.5. The average Bonchev–Trinajstić information content (AvgIpc) is 3.42. The van der Waals surface area contributed by atoms with Crippen molar-refractivity contribution < 1.29 is 0 Å². The van der Waals surface area contributed by atoms with Gasteiger partial charge in [-0.1, -0.05) is 49.2 Å². The maximum atomic E-state index is 7.14. The highest BCUT2D eigenvalue weighted by atomic mass is 15.2. The normalized spacial score (nSPS) is 26.7. The molecule has 4 aliphatic rings. The Bertz CT molecular complexity index is 1020. The monoisotopic (exact) mass is 453 g/mol. The van der Waals surface area contributed by atoms with Crippen molar-refractivity contribution in [3.63, 3.8) is 0 Å². The van der Waals surface area contributed by atoms with Gasteiger partial charge in [-0.15, -0.1) is 0 Å². The third kappa shape index (κ3) is 3.95. The molecule has 0 spiro atoms. The molecule has 0 N–H and O–H groups in total. The van der Waals surface area contributed by atoms with Gasteiger partial charge in [-0.3, -0.25) is 0 Å². The van der Waals surface area contributed by atoms with E-state index in [0.29, 0.717) is 5.41 Å². The Morgan fingerprint density at radius 1 is 0.853 bits per heavy atom. The Morgan fingerprint density at radius 3 is 2.29 bits per heavy atom. The van der Waals surface area contributed by atoms with Gasteiger partial charge < -0.3 is 9.80 Å². The maximum Gasteiger partial charge on any atom is 0.187 e. The van der Waals surface area contributed by atoms with Crippen molar-refractivity contribution in [2.45, 2.75) is 63.2 Å². The molecule has 1 saturated carbocycles. The Balaban J connectivity index is 1.09. The lowest BCUT2D eigenvalue weighted by atomic mass is 9.54. The smallest absolute Gasteiger partial charge is 0.187 e. The summed E-state index contributed by atoms with van der Waals surface area (Å²) in [4.78, 5) is 8.76. The largest absolute Gasteiger partial charge is 0.371 e. The molecule has 1 unspecified atom stereocenters. The predicted molar refractivity (Wildman–Crippen MR) is 141 cm³/mol. The van der Waals surface area contributed by atoms with Crippen molar-refractivity contribution in [3.05, 3.63) is 71.1 Å². The molecule has 3 nitrogen and oxygen atoms in total. The number of hydrogen-bond acceptors (Lipinski definition) is 2. The van der Waals surface area contributed by atoms with Crippen LogP contribution in [-0.2, 0) is 11.8 Å². The van der Waals surface area contributed by atoms with Gasteiger partial charge in [0, 0.05) is 36.7 Å². The van der Waals surface area contributed by atoms with Gasteiger partial charge in [-0.25, -0.2) is 4.85 Å². The van der Waals surface area contributed by atoms with Gasteiger partial charge in [-0.2, -0.15) is 0 Å². The minimum Gasteiger partial charge on any atom is -0.371 e. The molecule has 178 valence electrons. The van der Waals surface area contributed by atoms with Crippen LogP contribution in [0.5, 0.6) is 0 Å². The second-order valence-electron chi connectivity index (χ2n) is 11.5. The number of anilines is 1. The fraction of sp³-hybridized carbons (Fsp3) is 0.581. The average molecular weight is 454 g/mol. The van der Waals surface area contributed by atoms with Crippen LogP contribution in [0.3, 0.4) is 0 Å². The number of rotatable bonds is 5. The summed E-state index contributed by atoms with van der Waals surface area (Å²) in [6.07, 6.45) is 12.7. The topological polar surface area (TPSA) is 10.8 Å². The first-order chi connectivity index (χ1) is 16.8. The van der Waals surface area contributed by atoms with Crippen molar-refractivity contribution >= 4 is 11.4 Å². The van der Waals surface area contributed by atoms with E-state index < -0.39 is 0 Å². The zero-order valence-electron chi connectivity index (χ0n) is 20.6. The number of benzene rings is 2. The zero-order chi connectivity index (χ0) is 23.0. The van der Waals surface area contributed by atoms with Crippen LogP contribution in [0.4, 0.5) is 11.4 Å². The van der Waals surface area contributed by atoms with E-state index in [0.717, 1.165) is 36.5 Å². The lowest BCUT2D eigenvalue weighted by Gasteiger charge is -2.52. The van der Waals surface area contributed by atoms with E-state index in [1.165, 1.54) is 83.1 Å². The summed E-state index contributed by atoms with van der Waals surface area (Å²) < 4.78 is 0. The number of piperidine rings is 1. The van der Waals surface area contributed by atoms with Gasteiger partial charge in [0.05, 0.1) is 6.57 Å². The summed E-state index contributed by atoms with van der Waals surface area (Å²) in [6.45, 7) is 13.3. The van der Waals surface area contributed by atoms with E-state index >= 15 is 0 Å². The van der Waals surface area contributed by atoms with Crippen molar-refractivity contribution in [2.24, 2.45) is 17.8 Å². The fourth-order valence-corrected chi connectivity index (χ4v) is 8.15. The molecule has 34 heavy (non-hydrogen) atoms. The number of fused-ring (bicyclic) bond motifs is 1. The number of hydrogen-bond donors (Lipinski definition) is 0. The Morgan fingerprint density at radius 2 is 1.56 bits per heavy atom. The second kappa shape index (κ2) is 9.38. The molecule has 0 aromatic heterocycles. The first-order valence-corrected chi connectivity index (χ1v) is 13.8. The van der Waals surface area contributed by atoms with Gasteiger partial charge in [0.2, 0.25) is 0 Å². The van der Waals surface area contributed by atoms with Crippen LogP contribution in [0.1, 0.15) is 62.5 Å². The molecular weight excluding hydrogens is 414 g/mol. The van der Waals surface area contributed by atoms with Crippen LogP contribution in [-0.4, -0.2) is 37.6 Å². The minimum atomic E-state index is 0.461. The fourth-order valence-electron chi connectivity index (χ4n) is 8.15. The summed E-state index contributed by atoms with van der Waals surface area (Å²) >= 11 is 0. The van der Waals surface area contributed by atoms with Crippen molar-refractivity contribution in [1.82, 2.24) is 4.90 Å². The van der Waals surface area contributed by atoms with Crippen LogP contribution < -0.4 is 4.90 Å². The molecule has 2 heterocycles. The predicted octanol–water partition coefficient (Wildman–Crippen LogP) is 6.85. The molecule has 1 atom stereocenters. The molecular formula is C31H39N3. The first kappa shape index (κ1) is 22.2. The molecule has 6 rings (SSSR count). The third-order valence-electron chi connectivity index (χ3n) is 9.77. The molecule has 3 heteroatoms. The third-order valence-corrected chi connectivity index (χ3v) is 9.77. The maximum absolute atomic E-state index is 7.14. The van der Waals surface area contributed by atoms with Crippen LogP contribution in [0.15, 0.2) is 48.5 Å². The number of nitrogens with zero attached hydrogens (tertiary/aromatic N) is 3. The van der Waals surface area contributed by atoms with Gasteiger partial charge in [0.15, 0.2) is 5.69 Å². The minimum absolute atomic E-state index is 0.461. The first-order valence-electron chi connectivity index (χ1n) is 13.8. The van der Waals surface area contributed by atoms with Gasteiger partial charge in [0.25, 0.3) is 0 Å². The van der Waals surface area contributed by atoms with Crippen LogP contribution in [0.2, 0.25) is 0 Å². The van der Waals surface area contributed by atoms with Crippen molar-refractivity contribution in [2.75, 3.05) is 37.6 Å². The van der Waals surface area contributed by atoms with Gasteiger partial charge in [-0.05, 0) is 93.1 Å². The molecule has 2 aromatic rings. The summed E-state index contributed by atoms with van der Waals surface area (Å²) in [7, 11) is 0. The lowest BCUT2D eigenvalue weighted by Crippen LogP contribution is -2.54. The molecule has 0 amide bonds. The van der Waals surface area contributed by atoms with E-state index in [-0.39, 0.29) is 0 Å². The quantitative estimate of drug-likeness (QED) is 0.459. The van der Waals surface area contributed by atoms with Gasteiger partial charge in [0.1, 0.15) is 0 Å². The Kier molecular flexibility index (Phi) is 6.12. The van der Waals surface area contributed by atoms with Crippen molar-refractivity contribution in [3.8, 4) is 0 Å². The van der Waals surface area contributed by atoms with E-state index in [2.05, 4.69) is 51.0 Å². The Hall–Kier alpha value is -2.31. The van der Waals surface area contributed by atoms with Crippen LogP contribution in [0.25, 0.3) is 4.85 Å². The van der Waals surface area contributed by atoms with Crippen LogP contribution >= 0.6 is 0 Å². The summed E-state index contributed by atoms with van der Waals surface area (Å²) in [5.74, 6) is 2.57. The highest BCUT2D eigenvalue weighted by molar-refractivity contribution is 5.56. The molecule has 0 radical (unpaired) electrons. The van der Waals surface area contributed by atoms with E-state index in [9.17, 15) is 0 Å². The lowest BCUT2D eigenvalue weighted by molar-refractivity contribution is 0.0648. The standard InChI is InChI=1S/C31H39N3/c1-32-28-12-14-29(15-13-28)34-22-24(23-34)21-33-19-16-27(17-20-33)31(26-9-3-4-10-26)18-6-8-25-7-2-5-11-30(25)31/h2,5,7,11-15,24,26-27H,3-4,6,8-10,16-23H2. The summed E-state index contributed by atoms with van der Waals surface area (Å²) in [6, 6.07) is 17.7. The van der Waals surface area contributed by atoms with Crippen molar-refractivity contribution in [1.29, 1.82) is 0 Å². The molecule has 0 bridgehead atoms. The van der Waals surface area contributed by atoms with E-state index in [1.54, 1.807) is 11.1 Å². The highest BCUT2D eigenvalue weighted by Crippen LogP contribution is 2.55. The molecule has 2 aliphatic carbocycles. The van der Waals surface area contributed by atoms with E-state index in [1.807, 2.05) is 12.1 Å². The van der Waals surface area contributed by atoms with Gasteiger partial charge >= 0.3 is 0 Å².